The van der Waals surface area contributed by atoms with Crippen molar-refractivity contribution in [3.63, 3.8) is 0 Å². The Labute approximate surface area is 147 Å². The van der Waals surface area contributed by atoms with Crippen molar-refractivity contribution in [2.45, 2.75) is 124 Å². The van der Waals surface area contributed by atoms with Crippen LogP contribution in [0.2, 0.25) is 0 Å². The molecule has 0 atom stereocenters. The van der Waals surface area contributed by atoms with Gasteiger partial charge in [-0.25, -0.2) is 0 Å². The van der Waals surface area contributed by atoms with Crippen molar-refractivity contribution in [1.82, 2.24) is 0 Å². The third-order valence-corrected chi connectivity index (χ3v) is 7.40. The van der Waals surface area contributed by atoms with Crippen LogP contribution in [0.4, 0.5) is 0 Å². The Bertz CT molecular complexity index is 289. The largest absolute Gasteiger partial charge is 0.0654 e. The zero-order valence-corrected chi connectivity index (χ0v) is 16.5. The van der Waals surface area contributed by atoms with Crippen LogP contribution in [0.3, 0.4) is 0 Å². The predicted octanol–water partition coefficient (Wildman–Crippen LogP) is 8.15. The van der Waals surface area contributed by atoms with Gasteiger partial charge < -0.3 is 0 Å². The van der Waals surface area contributed by atoms with Crippen LogP contribution in [0.15, 0.2) is 0 Å². The summed E-state index contributed by atoms with van der Waals surface area (Å²) in [5.41, 5.74) is 0.697. The lowest BCUT2D eigenvalue weighted by Gasteiger charge is -2.42. The van der Waals surface area contributed by atoms with Gasteiger partial charge in [0.1, 0.15) is 0 Å². The van der Waals surface area contributed by atoms with E-state index in [1.807, 2.05) is 0 Å². The molecule has 0 bridgehead atoms. The normalized spacial score (nSPS) is 35.3. The third-order valence-electron chi connectivity index (χ3n) is 7.40. The van der Waals surface area contributed by atoms with E-state index in [0.717, 1.165) is 17.8 Å². The monoisotopic (exact) mass is 320 g/mol. The summed E-state index contributed by atoms with van der Waals surface area (Å²) in [5, 5.41) is 0. The molecule has 0 heterocycles. The topological polar surface area (TPSA) is 0 Å². The fourth-order valence-corrected chi connectivity index (χ4v) is 5.49. The third kappa shape index (κ3) is 6.43. The fraction of sp³-hybridized carbons (Fsp3) is 1.00. The lowest BCUT2D eigenvalue weighted by molar-refractivity contribution is 0.0950. The van der Waals surface area contributed by atoms with Gasteiger partial charge in [-0.05, 0) is 68.1 Å². The van der Waals surface area contributed by atoms with Crippen molar-refractivity contribution in [2.24, 2.45) is 23.2 Å². The quantitative estimate of drug-likeness (QED) is 0.376. The van der Waals surface area contributed by atoms with Crippen molar-refractivity contribution in [3.05, 3.63) is 0 Å². The van der Waals surface area contributed by atoms with Gasteiger partial charge in [-0.2, -0.15) is 0 Å². The summed E-state index contributed by atoms with van der Waals surface area (Å²) in [6.07, 6.45) is 24.0. The molecule has 0 aromatic rings. The van der Waals surface area contributed by atoms with Gasteiger partial charge in [0.05, 0.1) is 0 Å². The van der Waals surface area contributed by atoms with Gasteiger partial charge in [-0.1, -0.05) is 78.6 Å². The first-order valence-corrected chi connectivity index (χ1v) is 11.2. The van der Waals surface area contributed by atoms with E-state index in [-0.39, 0.29) is 0 Å². The molecular weight excluding hydrogens is 276 g/mol. The molecule has 2 rings (SSSR count). The molecule has 2 fully saturated rings. The first-order chi connectivity index (χ1) is 11.2. The molecule has 2 saturated carbocycles. The number of hydrogen-bond donors (Lipinski definition) is 0. The zero-order valence-electron chi connectivity index (χ0n) is 16.5. The van der Waals surface area contributed by atoms with Crippen molar-refractivity contribution >= 4 is 0 Å². The second-order valence-corrected chi connectivity index (χ2v) is 9.38. The van der Waals surface area contributed by atoms with Gasteiger partial charge in [0.25, 0.3) is 0 Å². The Kier molecular flexibility index (Phi) is 8.48. The average molecular weight is 321 g/mol. The first-order valence-electron chi connectivity index (χ1n) is 11.2. The standard InChI is InChI=1S/C23H44/c1-4-6-8-10-20-11-13-21(14-12-20)22-15-18-23(3,19-16-22)17-9-7-5-2/h20-22H,4-19H2,1-3H3. The summed E-state index contributed by atoms with van der Waals surface area (Å²) in [4.78, 5) is 0. The number of hydrogen-bond acceptors (Lipinski definition) is 0. The van der Waals surface area contributed by atoms with Crippen molar-refractivity contribution < 1.29 is 0 Å². The van der Waals surface area contributed by atoms with E-state index in [9.17, 15) is 0 Å². The summed E-state index contributed by atoms with van der Waals surface area (Å²) in [6.45, 7) is 7.25. The van der Waals surface area contributed by atoms with Gasteiger partial charge in [0, 0.05) is 0 Å². The van der Waals surface area contributed by atoms with Gasteiger partial charge in [0.2, 0.25) is 0 Å². The summed E-state index contributed by atoms with van der Waals surface area (Å²) < 4.78 is 0. The molecule has 0 aromatic carbocycles. The zero-order chi connectivity index (χ0) is 16.5. The van der Waals surface area contributed by atoms with Crippen LogP contribution < -0.4 is 0 Å². The highest BCUT2D eigenvalue weighted by Crippen LogP contribution is 2.47. The maximum atomic E-state index is 2.59. The minimum atomic E-state index is 0.697. The van der Waals surface area contributed by atoms with Crippen molar-refractivity contribution in [1.29, 1.82) is 0 Å². The molecule has 0 unspecified atom stereocenters. The summed E-state index contributed by atoms with van der Waals surface area (Å²) in [5.74, 6) is 3.27. The lowest BCUT2D eigenvalue weighted by atomic mass is 9.63. The molecular formula is C23H44. The molecule has 0 N–H and O–H groups in total. The molecule has 0 spiro atoms. The molecule has 0 aliphatic heterocycles. The Morgan fingerprint density at radius 2 is 1.26 bits per heavy atom. The van der Waals surface area contributed by atoms with Crippen LogP contribution in [0, 0.1) is 23.2 Å². The van der Waals surface area contributed by atoms with E-state index in [1.54, 1.807) is 38.5 Å². The highest BCUT2D eigenvalue weighted by molar-refractivity contribution is 4.86. The summed E-state index contributed by atoms with van der Waals surface area (Å²) >= 11 is 0. The fourth-order valence-electron chi connectivity index (χ4n) is 5.49. The second kappa shape index (κ2) is 10.1. The molecule has 0 amide bonds. The van der Waals surface area contributed by atoms with Crippen molar-refractivity contribution in [2.75, 3.05) is 0 Å². The molecule has 0 radical (unpaired) electrons. The Balaban J connectivity index is 1.64. The van der Waals surface area contributed by atoms with Gasteiger partial charge >= 0.3 is 0 Å². The van der Waals surface area contributed by atoms with E-state index in [1.165, 1.54) is 64.2 Å². The van der Waals surface area contributed by atoms with E-state index < -0.39 is 0 Å². The van der Waals surface area contributed by atoms with E-state index in [0.29, 0.717) is 5.41 Å². The first kappa shape index (κ1) is 19.3. The lowest BCUT2D eigenvalue weighted by Crippen LogP contribution is -2.30. The number of rotatable bonds is 9. The Morgan fingerprint density at radius 1 is 0.696 bits per heavy atom. The maximum Gasteiger partial charge on any atom is -0.0326 e. The Morgan fingerprint density at radius 3 is 1.87 bits per heavy atom. The van der Waals surface area contributed by atoms with Crippen LogP contribution in [-0.2, 0) is 0 Å². The molecule has 2 aliphatic rings. The second-order valence-electron chi connectivity index (χ2n) is 9.38. The van der Waals surface area contributed by atoms with Crippen LogP contribution in [0.25, 0.3) is 0 Å². The molecule has 136 valence electrons. The van der Waals surface area contributed by atoms with E-state index in [2.05, 4.69) is 20.8 Å². The molecule has 0 saturated heterocycles. The van der Waals surface area contributed by atoms with E-state index in [4.69, 9.17) is 0 Å². The van der Waals surface area contributed by atoms with Crippen molar-refractivity contribution in [3.8, 4) is 0 Å². The molecule has 0 heteroatoms. The van der Waals surface area contributed by atoms with Gasteiger partial charge in [-0.15, -0.1) is 0 Å². The molecule has 0 aromatic heterocycles. The van der Waals surface area contributed by atoms with E-state index >= 15 is 0 Å². The smallest absolute Gasteiger partial charge is 0.0326 e. The maximum absolute atomic E-state index is 2.59. The minimum absolute atomic E-state index is 0.697. The minimum Gasteiger partial charge on any atom is -0.0654 e. The van der Waals surface area contributed by atoms with Crippen LogP contribution in [0.5, 0.6) is 0 Å². The molecule has 2 aliphatic carbocycles. The molecule has 23 heavy (non-hydrogen) atoms. The van der Waals surface area contributed by atoms with Gasteiger partial charge in [-0.3, -0.25) is 0 Å². The number of unbranched alkanes of at least 4 members (excludes halogenated alkanes) is 4. The van der Waals surface area contributed by atoms with Gasteiger partial charge in [0.15, 0.2) is 0 Å². The Hall–Kier alpha value is 0. The molecule has 0 nitrogen and oxygen atoms in total. The average Bonchev–Trinajstić information content (AvgIpc) is 2.57. The highest BCUT2D eigenvalue weighted by atomic mass is 14.4. The summed E-state index contributed by atoms with van der Waals surface area (Å²) in [7, 11) is 0. The summed E-state index contributed by atoms with van der Waals surface area (Å²) in [6, 6.07) is 0. The van der Waals surface area contributed by atoms with Crippen LogP contribution in [-0.4, -0.2) is 0 Å². The highest BCUT2D eigenvalue weighted by Gasteiger charge is 2.35. The van der Waals surface area contributed by atoms with Crippen LogP contribution >= 0.6 is 0 Å². The van der Waals surface area contributed by atoms with Crippen LogP contribution in [0.1, 0.15) is 124 Å². The SMILES string of the molecule is CCCCCC1CCC(C2CCC(C)(CCCCC)CC2)CC1. The predicted molar refractivity (Wildman–Crippen MR) is 104 cm³/mol.